The molecule has 0 saturated heterocycles. The Morgan fingerprint density at radius 2 is 1.75 bits per heavy atom. The monoisotopic (exact) mass is 339 g/mol. The molecule has 0 heterocycles. The average Bonchev–Trinajstić information content (AvgIpc) is 2.44. The maximum atomic E-state index is 11.9. The van der Waals surface area contributed by atoms with E-state index in [0.717, 1.165) is 30.3 Å². The van der Waals surface area contributed by atoms with Gasteiger partial charge in [0.05, 0.1) is 0 Å². The highest BCUT2D eigenvalue weighted by molar-refractivity contribution is 9.10. The van der Waals surface area contributed by atoms with Gasteiger partial charge in [-0.15, -0.1) is 0 Å². The number of halogens is 1. The fourth-order valence-corrected chi connectivity index (χ4v) is 2.15. The molecule has 0 unspecified atom stereocenters. The molecule has 0 fully saturated rings. The number of hydrogen-bond acceptors (Lipinski definition) is 2. The number of hydrogen-bond donors (Lipinski definition) is 1. The first-order valence-electron chi connectivity index (χ1n) is 7.19. The summed E-state index contributed by atoms with van der Waals surface area (Å²) < 4.78 is 0.959. The van der Waals surface area contributed by atoms with Crippen LogP contribution in [0.3, 0.4) is 0 Å². The lowest BCUT2D eigenvalue weighted by Gasteiger charge is -2.04. The van der Waals surface area contributed by atoms with Crippen molar-refractivity contribution in [3.05, 3.63) is 34.3 Å². The summed E-state index contributed by atoms with van der Waals surface area (Å²) in [7, 11) is 0. The molecule has 1 aromatic rings. The largest absolute Gasteiger partial charge is 0.356 e. The molecule has 20 heavy (non-hydrogen) atoms. The normalized spacial score (nSPS) is 10.3. The van der Waals surface area contributed by atoms with E-state index in [1.807, 2.05) is 12.1 Å². The van der Waals surface area contributed by atoms with E-state index < -0.39 is 0 Å². The standard InChI is InChI=1S/C16H22BrNO2/c1-2-3-4-12-18-16(20)7-5-6-15(19)13-8-10-14(17)11-9-13/h8-11H,2-7,12H2,1H3,(H,18,20). The molecular weight excluding hydrogens is 318 g/mol. The Balaban J connectivity index is 2.18. The zero-order valence-electron chi connectivity index (χ0n) is 12.0. The van der Waals surface area contributed by atoms with Gasteiger partial charge in [-0.05, 0) is 25.0 Å². The van der Waals surface area contributed by atoms with E-state index in [-0.39, 0.29) is 11.7 Å². The summed E-state index contributed by atoms with van der Waals surface area (Å²) in [5.41, 5.74) is 0.705. The molecule has 0 aromatic heterocycles. The Kier molecular flexibility index (Phi) is 8.19. The topological polar surface area (TPSA) is 46.2 Å². The Morgan fingerprint density at radius 3 is 2.40 bits per heavy atom. The van der Waals surface area contributed by atoms with Crippen LogP contribution in [0.1, 0.15) is 55.8 Å². The number of carbonyl (C=O) groups excluding carboxylic acids is 2. The zero-order chi connectivity index (χ0) is 14.8. The molecule has 0 aliphatic carbocycles. The molecule has 0 bridgehead atoms. The lowest BCUT2D eigenvalue weighted by molar-refractivity contribution is -0.121. The van der Waals surface area contributed by atoms with Crippen LogP contribution in [0.15, 0.2) is 28.7 Å². The Morgan fingerprint density at radius 1 is 1.05 bits per heavy atom. The second-order valence-electron chi connectivity index (χ2n) is 4.84. The van der Waals surface area contributed by atoms with Gasteiger partial charge < -0.3 is 5.32 Å². The second kappa shape index (κ2) is 9.70. The molecule has 0 aliphatic heterocycles. The average molecular weight is 340 g/mol. The fourth-order valence-electron chi connectivity index (χ4n) is 1.88. The Bertz CT molecular complexity index is 429. The third-order valence-electron chi connectivity index (χ3n) is 3.08. The third kappa shape index (κ3) is 6.85. The molecular formula is C16H22BrNO2. The Labute approximate surface area is 129 Å². The van der Waals surface area contributed by atoms with E-state index in [1.165, 1.54) is 0 Å². The van der Waals surface area contributed by atoms with E-state index in [2.05, 4.69) is 28.2 Å². The maximum absolute atomic E-state index is 11.9. The molecule has 110 valence electrons. The van der Waals surface area contributed by atoms with Crippen molar-refractivity contribution in [2.24, 2.45) is 0 Å². The van der Waals surface area contributed by atoms with Gasteiger partial charge >= 0.3 is 0 Å². The van der Waals surface area contributed by atoms with Crippen LogP contribution in [0.4, 0.5) is 0 Å². The number of benzene rings is 1. The van der Waals surface area contributed by atoms with Gasteiger partial charge in [-0.1, -0.05) is 47.8 Å². The lowest BCUT2D eigenvalue weighted by atomic mass is 10.1. The molecule has 0 aliphatic rings. The number of unbranched alkanes of at least 4 members (excludes halogenated alkanes) is 2. The molecule has 0 spiro atoms. The summed E-state index contributed by atoms with van der Waals surface area (Å²) in [6, 6.07) is 7.32. The highest BCUT2D eigenvalue weighted by Gasteiger charge is 2.07. The van der Waals surface area contributed by atoms with Crippen LogP contribution in [0, 0.1) is 0 Å². The number of Topliss-reactive ketones (excluding diaryl/α,β-unsaturated/α-hetero) is 1. The second-order valence-corrected chi connectivity index (χ2v) is 5.76. The van der Waals surface area contributed by atoms with E-state index in [4.69, 9.17) is 0 Å². The maximum Gasteiger partial charge on any atom is 0.220 e. The summed E-state index contributed by atoms with van der Waals surface area (Å²) >= 11 is 3.34. The van der Waals surface area contributed by atoms with Gasteiger partial charge in [0.1, 0.15) is 0 Å². The van der Waals surface area contributed by atoms with Crippen molar-refractivity contribution in [1.29, 1.82) is 0 Å². The van der Waals surface area contributed by atoms with Gasteiger partial charge in [0, 0.05) is 29.4 Å². The van der Waals surface area contributed by atoms with Crippen molar-refractivity contribution in [2.75, 3.05) is 6.54 Å². The molecule has 1 N–H and O–H groups in total. The molecule has 0 radical (unpaired) electrons. The molecule has 0 atom stereocenters. The molecule has 0 saturated carbocycles. The van der Waals surface area contributed by atoms with E-state index in [0.29, 0.717) is 24.8 Å². The third-order valence-corrected chi connectivity index (χ3v) is 3.61. The van der Waals surface area contributed by atoms with Gasteiger partial charge in [-0.2, -0.15) is 0 Å². The zero-order valence-corrected chi connectivity index (χ0v) is 13.5. The minimum absolute atomic E-state index is 0.0460. The van der Waals surface area contributed by atoms with Crippen molar-refractivity contribution >= 4 is 27.6 Å². The molecule has 3 nitrogen and oxygen atoms in total. The molecule has 1 rings (SSSR count). The van der Waals surface area contributed by atoms with Gasteiger partial charge in [0.2, 0.25) is 5.91 Å². The van der Waals surface area contributed by atoms with Crippen LogP contribution >= 0.6 is 15.9 Å². The number of nitrogens with one attached hydrogen (secondary N) is 1. The van der Waals surface area contributed by atoms with Crippen molar-refractivity contribution in [1.82, 2.24) is 5.32 Å². The molecule has 1 aromatic carbocycles. The van der Waals surface area contributed by atoms with Gasteiger partial charge in [0.15, 0.2) is 5.78 Å². The molecule has 1 amide bonds. The molecule has 4 heteroatoms. The summed E-state index contributed by atoms with van der Waals surface area (Å²) in [5, 5.41) is 2.88. The van der Waals surface area contributed by atoms with E-state index in [1.54, 1.807) is 12.1 Å². The minimum Gasteiger partial charge on any atom is -0.356 e. The van der Waals surface area contributed by atoms with E-state index >= 15 is 0 Å². The smallest absolute Gasteiger partial charge is 0.220 e. The first-order chi connectivity index (χ1) is 9.63. The summed E-state index contributed by atoms with van der Waals surface area (Å²) in [6.07, 6.45) is 4.77. The van der Waals surface area contributed by atoms with Crippen LogP contribution in [0.2, 0.25) is 0 Å². The highest BCUT2D eigenvalue weighted by atomic mass is 79.9. The van der Waals surface area contributed by atoms with Gasteiger partial charge in [-0.25, -0.2) is 0 Å². The predicted molar refractivity (Wildman–Crippen MR) is 84.9 cm³/mol. The number of carbonyl (C=O) groups is 2. The van der Waals surface area contributed by atoms with Crippen LogP contribution < -0.4 is 5.32 Å². The number of amides is 1. The van der Waals surface area contributed by atoms with Crippen LogP contribution in [-0.4, -0.2) is 18.2 Å². The van der Waals surface area contributed by atoms with E-state index in [9.17, 15) is 9.59 Å². The number of rotatable bonds is 9. The summed E-state index contributed by atoms with van der Waals surface area (Å²) in [5.74, 6) is 0.140. The summed E-state index contributed by atoms with van der Waals surface area (Å²) in [6.45, 7) is 2.88. The minimum atomic E-state index is 0.0460. The first-order valence-corrected chi connectivity index (χ1v) is 7.98. The van der Waals surface area contributed by atoms with Gasteiger partial charge in [-0.3, -0.25) is 9.59 Å². The van der Waals surface area contributed by atoms with Crippen LogP contribution in [-0.2, 0) is 4.79 Å². The first kappa shape index (κ1) is 16.9. The lowest BCUT2D eigenvalue weighted by Crippen LogP contribution is -2.24. The predicted octanol–water partition coefficient (Wildman–Crippen LogP) is 4.11. The van der Waals surface area contributed by atoms with Crippen LogP contribution in [0.5, 0.6) is 0 Å². The Hall–Kier alpha value is -1.16. The number of ketones is 1. The van der Waals surface area contributed by atoms with Crippen LogP contribution in [0.25, 0.3) is 0 Å². The van der Waals surface area contributed by atoms with Crippen molar-refractivity contribution in [3.8, 4) is 0 Å². The quantitative estimate of drug-likeness (QED) is 0.543. The van der Waals surface area contributed by atoms with Crippen molar-refractivity contribution < 1.29 is 9.59 Å². The highest BCUT2D eigenvalue weighted by Crippen LogP contribution is 2.13. The SMILES string of the molecule is CCCCCNC(=O)CCCC(=O)c1ccc(Br)cc1. The van der Waals surface area contributed by atoms with Crippen molar-refractivity contribution in [3.63, 3.8) is 0 Å². The fraction of sp³-hybridized carbons (Fsp3) is 0.500. The summed E-state index contributed by atoms with van der Waals surface area (Å²) in [4.78, 5) is 23.4. The van der Waals surface area contributed by atoms with Crippen molar-refractivity contribution in [2.45, 2.75) is 45.4 Å². The van der Waals surface area contributed by atoms with Gasteiger partial charge in [0.25, 0.3) is 0 Å².